The van der Waals surface area contributed by atoms with Gasteiger partial charge in [-0.2, -0.15) is 5.10 Å². The molecule has 7 nitrogen and oxygen atoms in total. The second-order valence-electron chi connectivity index (χ2n) is 6.73. The number of carbonyl (C=O) groups is 1. The zero-order chi connectivity index (χ0) is 16.2. The van der Waals surface area contributed by atoms with Crippen molar-refractivity contribution in [2.45, 2.75) is 59.0 Å². The van der Waals surface area contributed by atoms with Gasteiger partial charge in [0.05, 0.1) is 0 Å². The molecule has 0 bridgehead atoms. The van der Waals surface area contributed by atoms with E-state index in [2.05, 4.69) is 10.4 Å². The average molecular weight is 310 g/mol. The van der Waals surface area contributed by atoms with Crippen molar-refractivity contribution < 1.29 is 9.90 Å². The lowest BCUT2D eigenvalue weighted by atomic mass is 9.90. The van der Waals surface area contributed by atoms with Crippen LogP contribution in [0.15, 0.2) is 4.79 Å². The predicted molar refractivity (Wildman–Crippen MR) is 82.5 cm³/mol. The van der Waals surface area contributed by atoms with Gasteiger partial charge in [-0.3, -0.25) is 9.36 Å². The molecule has 2 heterocycles. The van der Waals surface area contributed by atoms with Crippen molar-refractivity contribution in [2.75, 3.05) is 13.2 Å². The van der Waals surface area contributed by atoms with Gasteiger partial charge in [0.1, 0.15) is 12.4 Å². The smallest absolute Gasteiger partial charge is 0.346 e. The van der Waals surface area contributed by atoms with Crippen LogP contribution in [0.1, 0.15) is 45.4 Å². The molecule has 2 N–H and O–H groups in total. The second-order valence-corrected chi connectivity index (χ2v) is 6.73. The summed E-state index contributed by atoms with van der Waals surface area (Å²) >= 11 is 0. The molecule has 1 aliphatic rings. The summed E-state index contributed by atoms with van der Waals surface area (Å²) in [6.45, 7) is 5.17. The van der Waals surface area contributed by atoms with Crippen molar-refractivity contribution in [1.29, 1.82) is 0 Å². The number of hydrogen-bond donors (Lipinski definition) is 2. The quantitative estimate of drug-likeness (QED) is 0.790. The van der Waals surface area contributed by atoms with Gasteiger partial charge in [-0.15, -0.1) is 0 Å². The molecule has 7 heteroatoms. The van der Waals surface area contributed by atoms with E-state index in [0.29, 0.717) is 19.5 Å². The van der Waals surface area contributed by atoms with Crippen LogP contribution in [0.2, 0.25) is 0 Å². The summed E-state index contributed by atoms with van der Waals surface area (Å²) in [4.78, 5) is 24.3. The molecule has 0 spiro atoms. The number of rotatable bonds is 6. The third-order valence-electron chi connectivity index (χ3n) is 4.13. The van der Waals surface area contributed by atoms with Gasteiger partial charge < -0.3 is 10.4 Å². The number of nitrogens with zero attached hydrogens (tertiary/aromatic N) is 3. The van der Waals surface area contributed by atoms with E-state index in [0.717, 1.165) is 31.5 Å². The number of nitrogens with one attached hydrogen (secondary N) is 1. The van der Waals surface area contributed by atoms with Crippen LogP contribution >= 0.6 is 0 Å². The predicted octanol–water partition coefficient (Wildman–Crippen LogP) is 0.296. The second kappa shape index (κ2) is 7.09. The van der Waals surface area contributed by atoms with E-state index in [-0.39, 0.29) is 30.2 Å². The van der Waals surface area contributed by atoms with Crippen LogP contribution < -0.4 is 11.0 Å². The minimum atomic E-state index is -0.221. The van der Waals surface area contributed by atoms with Crippen LogP contribution in [-0.2, 0) is 24.3 Å². The fraction of sp³-hybridized carbons (Fsp3) is 0.800. The highest BCUT2D eigenvalue weighted by Crippen LogP contribution is 2.17. The molecule has 2 rings (SSSR count). The first-order valence-corrected chi connectivity index (χ1v) is 7.97. The number of aryl methyl sites for hydroxylation is 1. The van der Waals surface area contributed by atoms with Crippen molar-refractivity contribution in [3.8, 4) is 0 Å². The minimum Gasteiger partial charge on any atom is -0.396 e. The molecule has 0 radical (unpaired) electrons. The Kier molecular flexibility index (Phi) is 5.39. The maximum Gasteiger partial charge on any atom is 0.346 e. The summed E-state index contributed by atoms with van der Waals surface area (Å²) in [6, 6.07) is 0. The number of aliphatic hydroxyl groups excluding tert-OH is 1. The van der Waals surface area contributed by atoms with Gasteiger partial charge in [0.15, 0.2) is 0 Å². The highest BCUT2D eigenvalue weighted by molar-refractivity contribution is 5.75. The lowest BCUT2D eigenvalue weighted by Crippen LogP contribution is -2.38. The monoisotopic (exact) mass is 310 g/mol. The van der Waals surface area contributed by atoms with Crippen molar-refractivity contribution in [3.05, 3.63) is 16.3 Å². The first kappa shape index (κ1) is 16.7. The summed E-state index contributed by atoms with van der Waals surface area (Å²) in [5.74, 6) is 0.567. The first-order valence-electron chi connectivity index (χ1n) is 7.97. The zero-order valence-electron chi connectivity index (χ0n) is 13.5. The van der Waals surface area contributed by atoms with Crippen LogP contribution in [0.3, 0.4) is 0 Å². The molecule has 0 fully saturated rings. The van der Waals surface area contributed by atoms with Gasteiger partial charge in [-0.25, -0.2) is 9.48 Å². The molecule has 1 aromatic heterocycles. The summed E-state index contributed by atoms with van der Waals surface area (Å²) < 4.78 is 2.95. The maximum absolute atomic E-state index is 12.3. The number of hydrogen-bond acceptors (Lipinski definition) is 4. The third kappa shape index (κ3) is 4.19. The van der Waals surface area contributed by atoms with Crippen molar-refractivity contribution >= 4 is 5.91 Å². The summed E-state index contributed by atoms with van der Waals surface area (Å²) in [5, 5.41) is 16.1. The third-order valence-corrected chi connectivity index (χ3v) is 4.13. The molecule has 0 saturated heterocycles. The van der Waals surface area contributed by atoms with Crippen LogP contribution in [-0.4, -0.2) is 38.5 Å². The number of fused-ring (bicyclic) bond motifs is 1. The maximum atomic E-state index is 12.3. The molecule has 1 aromatic rings. The summed E-state index contributed by atoms with van der Waals surface area (Å²) in [6.07, 6.45) is 4.56. The topological polar surface area (TPSA) is 89.2 Å². The van der Waals surface area contributed by atoms with E-state index < -0.39 is 0 Å². The van der Waals surface area contributed by atoms with Gasteiger partial charge in [-0.05, 0) is 24.7 Å². The van der Waals surface area contributed by atoms with E-state index in [1.165, 1.54) is 4.68 Å². The van der Waals surface area contributed by atoms with Crippen LogP contribution in [0.5, 0.6) is 0 Å². The number of carbonyl (C=O) groups excluding carboxylic acids is 1. The van der Waals surface area contributed by atoms with Crippen LogP contribution in [0.4, 0.5) is 0 Å². The van der Waals surface area contributed by atoms with E-state index >= 15 is 0 Å². The largest absolute Gasteiger partial charge is 0.396 e. The fourth-order valence-corrected chi connectivity index (χ4v) is 2.65. The number of aliphatic hydroxyl groups is 1. The molecule has 1 aliphatic heterocycles. The van der Waals surface area contributed by atoms with Crippen molar-refractivity contribution in [2.24, 2.45) is 5.41 Å². The van der Waals surface area contributed by atoms with Crippen LogP contribution in [0, 0.1) is 5.41 Å². The molecular weight excluding hydrogens is 284 g/mol. The van der Waals surface area contributed by atoms with Gasteiger partial charge >= 0.3 is 5.69 Å². The Labute approximate surface area is 130 Å². The fourth-order valence-electron chi connectivity index (χ4n) is 2.65. The summed E-state index contributed by atoms with van der Waals surface area (Å²) in [5.41, 5.74) is -0.359. The molecular formula is C15H26N4O3. The van der Waals surface area contributed by atoms with Crippen LogP contribution in [0.25, 0.3) is 0 Å². The molecule has 0 aromatic carbocycles. The highest BCUT2D eigenvalue weighted by Gasteiger charge is 2.20. The lowest BCUT2D eigenvalue weighted by Gasteiger charge is -2.23. The molecule has 124 valence electrons. The number of amides is 1. The van der Waals surface area contributed by atoms with Crippen molar-refractivity contribution in [3.63, 3.8) is 0 Å². The first-order chi connectivity index (χ1) is 10.4. The Morgan fingerprint density at radius 1 is 1.36 bits per heavy atom. The minimum absolute atomic E-state index is 0.0476. The highest BCUT2D eigenvalue weighted by atomic mass is 16.3. The zero-order valence-corrected chi connectivity index (χ0v) is 13.5. The molecule has 0 atom stereocenters. The Morgan fingerprint density at radius 3 is 2.86 bits per heavy atom. The van der Waals surface area contributed by atoms with Gasteiger partial charge in [0.25, 0.3) is 0 Å². The van der Waals surface area contributed by atoms with E-state index in [4.69, 9.17) is 5.11 Å². The average Bonchev–Trinajstić information content (AvgIpc) is 2.65. The van der Waals surface area contributed by atoms with Crippen molar-refractivity contribution in [1.82, 2.24) is 19.7 Å². The van der Waals surface area contributed by atoms with E-state index in [1.54, 1.807) is 4.57 Å². The van der Waals surface area contributed by atoms with Gasteiger partial charge in [0, 0.05) is 26.1 Å². The molecule has 22 heavy (non-hydrogen) atoms. The molecule has 0 saturated carbocycles. The normalized spacial score (nSPS) is 15.2. The summed E-state index contributed by atoms with van der Waals surface area (Å²) in [7, 11) is 0. The standard InChI is InChI=1S/C15H26N4O3/c1-15(2,7-9-20)11-16-13(21)10-19-14(22)18-8-5-3-4-6-12(18)17-19/h20H,3-11H2,1-2H3,(H,16,21). The number of aromatic nitrogens is 3. The Balaban J connectivity index is 1.96. The van der Waals surface area contributed by atoms with E-state index in [1.807, 2.05) is 13.8 Å². The van der Waals surface area contributed by atoms with E-state index in [9.17, 15) is 9.59 Å². The Hall–Kier alpha value is -1.63. The molecule has 0 aliphatic carbocycles. The Bertz CT molecular complexity index is 574. The Morgan fingerprint density at radius 2 is 2.14 bits per heavy atom. The van der Waals surface area contributed by atoms with Gasteiger partial charge in [0.2, 0.25) is 5.91 Å². The SMILES string of the molecule is CC(C)(CCO)CNC(=O)Cn1nc2n(c1=O)CCCCC2. The lowest BCUT2D eigenvalue weighted by molar-refractivity contribution is -0.122. The molecule has 1 amide bonds. The molecule has 0 unspecified atom stereocenters. The van der Waals surface area contributed by atoms with Gasteiger partial charge in [-0.1, -0.05) is 20.3 Å².